The fourth-order valence-electron chi connectivity index (χ4n) is 1.16. The molecule has 0 atom stereocenters. The number of hydrogen-bond donors (Lipinski definition) is 1. The number of carbonyl (C=O) groups is 1. The molecule has 3 nitrogen and oxygen atoms in total. The minimum absolute atomic E-state index is 0.0352. The first kappa shape index (κ1) is 12.0. The largest absolute Gasteiger partial charge is 0.396 e. The fourth-order valence-corrected chi connectivity index (χ4v) is 1.16. The molecule has 0 radical (unpaired) electrons. The molecule has 1 aromatic rings. The number of anilines is 1. The zero-order valence-electron chi connectivity index (χ0n) is 8.63. The van der Waals surface area contributed by atoms with Gasteiger partial charge in [-0.15, -0.1) is 6.42 Å². The minimum atomic E-state index is -1.06. The van der Waals surface area contributed by atoms with Gasteiger partial charge in [-0.2, -0.15) is 0 Å². The summed E-state index contributed by atoms with van der Waals surface area (Å²) in [4.78, 5) is 12.7. The van der Waals surface area contributed by atoms with Crippen LogP contribution in [0.25, 0.3) is 0 Å². The highest BCUT2D eigenvalue weighted by Gasteiger charge is 2.22. The van der Waals surface area contributed by atoms with Gasteiger partial charge in [-0.05, 0) is 12.1 Å². The molecule has 0 saturated heterocycles. The van der Waals surface area contributed by atoms with Gasteiger partial charge in [-0.25, -0.2) is 8.78 Å². The number of nitrogen functional groups attached to an aromatic ring is 1. The SMILES string of the molecule is C#CCN(C)C(=O)c1c(F)ccc(N)c1F. The Labute approximate surface area is 91.8 Å². The Morgan fingerprint density at radius 3 is 2.75 bits per heavy atom. The van der Waals surface area contributed by atoms with Gasteiger partial charge in [0.25, 0.3) is 5.91 Å². The van der Waals surface area contributed by atoms with E-state index < -0.39 is 23.1 Å². The van der Waals surface area contributed by atoms with E-state index in [1.54, 1.807) is 0 Å². The van der Waals surface area contributed by atoms with Crippen molar-refractivity contribution in [1.29, 1.82) is 0 Å². The van der Waals surface area contributed by atoms with Gasteiger partial charge in [0.1, 0.15) is 11.4 Å². The van der Waals surface area contributed by atoms with Crippen LogP contribution in [0.4, 0.5) is 14.5 Å². The zero-order valence-corrected chi connectivity index (χ0v) is 8.63. The third-order valence-electron chi connectivity index (χ3n) is 2.01. The average Bonchev–Trinajstić information content (AvgIpc) is 2.24. The number of nitrogens with two attached hydrogens (primary N) is 1. The average molecular weight is 224 g/mol. The third kappa shape index (κ3) is 2.11. The maximum absolute atomic E-state index is 13.4. The number of terminal acetylenes is 1. The van der Waals surface area contributed by atoms with E-state index in [9.17, 15) is 13.6 Å². The van der Waals surface area contributed by atoms with Crippen LogP contribution >= 0.6 is 0 Å². The van der Waals surface area contributed by atoms with Crippen LogP contribution < -0.4 is 5.73 Å². The van der Waals surface area contributed by atoms with E-state index in [-0.39, 0.29) is 12.2 Å². The summed E-state index contributed by atoms with van der Waals surface area (Å²) in [6.07, 6.45) is 5.00. The van der Waals surface area contributed by atoms with E-state index in [1.165, 1.54) is 7.05 Å². The summed E-state index contributed by atoms with van der Waals surface area (Å²) in [5, 5.41) is 0. The Kier molecular flexibility index (Phi) is 3.46. The molecule has 84 valence electrons. The molecular formula is C11H10F2N2O. The van der Waals surface area contributed by atoms with Crippen LogP contribution in [0, 0.1) is 24.0 Å². The highest BCUT2D eigenvalue weighted by molar-refractivity contribution is 5.95. The Morgan fingerprint density at radius 2 is 2.19 bits per heavy atom. The molecule has 16 heavy (non-hydrogen) atoms. The van der Waals surface area contributed by atoms with Gasteiger partial charge in [0.2, 0.25) is 0 Å². The molecule has 0 unspecified atom stereocenters. The number of benzene rings is 1. The van der Waals surface area contributed by atoms with Gasteiger partial charge < -0.3 is 10.6 Å². The lowest BCUT2D eigenvalue weighted by Crippen LogP contribution is -2.29. The number of hydrogen-bond acceptors (Lipinski definition) is 2. The third-order valence-corrected chi connectivity index (χ3v) is 2.01. The summed E-state index contributed by atoms with van der Waals surface area (Å²) < 4.78 is 26.7. The molecule has 2 N–H and O–H groups in total. The van der Waals surface area contributed by atoms with Gasteiger partial charge in [-0.1, -0.05) is 5.92 Å². The van der Waals surface area contributed by atoms with E-state index in [4.69, 9.17) is 12.2 Å². The Balaban J connectivity index is 3.19. The van der Waals surface area contributed by atoms with Crippen molar-refractivity contribution in [2.45, 2.75) is 0 Å². The molecule has 0 aliphatic carbocycles. The molecule has 5 heteroatoms. The molecule has 1 amide bonds. The maximum Gasteiger partial charge on any atom is 0.260 e. The second-order valence-electron chi connectivity index (χ2n) is 3.19. The lowest BCUT2D eigenvalue weighted by Gasteiger charge is -2.15. The van der Waals surface area contributed by atoms with Crippen LogP contribution in [0.2, 0.25) is 0 Å². The van der Waals surface area contributed by atoms with Crippen molar-refractivity contribution in [3.63, 3.8) is 0 Å². The summed E-state index contributed by atoms with van der Waals surface area (Å²) in [5.41, 5.74) is 4.29. The van der Waals surface area contributed by atoms with Crippen molar-refractivity contribution in [1.82, 2.24) is 4.90 Å². The smallest absolute Gasteiger partial charge is 0.260 e. The zero-order chi connectivity index (χ0) is 12.3. The quantitative estimate of drug-likeness (QED) is 0.607. The van der Waals surface area contributed by atoms with Crippen molar-refractivity contribution in [2.75, 3.05) is 19.3 Å². The van der Waals surface area contributed by atoms with Crippen LogP contribution in [0.5, 0.6) is 0 Å². The Morgan fingerprint density at radius 1 is 1.56 bits per heavy atom. The maximum atomic E-state index is 13.4. The summed E-state index contributed by atoms with van der Waals surface area (Å²) in [5.74, 6) is -0.652. The van der Waals surface area contributed by atoms with Crippen molar-refractivity contribution >= 4 is 11.6 Å². The number of nitrogens with zero attached hydrogens (tertiary/aromatic N) is 1. The second kappa shape index (κ2) is 4.62. The molecule has 0 bridgehead atoms. The van der Waals surface area contributed by atoms with E-state index in [2.05, 4.69) is 5.92 Å². The van der Waals surface area contributed by atoms with Crippen LogP contribution in [-0.2, 0) is 0 Å². The molecule has 0 aliphatic heterocycles. The highest BCUT2D eigenvalue weighted by Crippen LogP contribution is 2.19. The molecule has 0 aliphatic rings. The molecule has 0 aromatic heterocycles. The fraction of sp³-hybridized carbons (Fsp3) is 0.182. The van der Waals surface area contributed by atoms with Crippen molar-refractivity contribution < 1.29 is 13.6 Å². The predicted octanol–water partition coefficient (Wildman–Crippen LogP) is 1.25. The molecule has 1 rings (SSSR count). The molecule has 1 aromatic carbocycles. The summed E-state index contributed by atoms with van der Waals surface area (Å²) in [6.45, 7) is -0.0352. The van der Waals surface area contributed by atoms with E-state index in [1.807, 2.05) is 0 Å². The Hall–Kier alpha value is -2.09. The molecule has 0 spiro atoms. The molecule has 0 saturated carbocycles. The number of rotatable bonds is 2. The normalized spacial score (nSPS) is 9.62. The standard InChI is InChI=1S/C11H10F2N2O/c1-3-6-15(2)11(16)9-7(12)4-5-8(14)10(9)13/h1,4-5H,6,14H2,2H3. The summed E-state index contributed by atoms with van der Waals surface area (Å²) in [7, 11) is 1.35. The highest BCUT2D eigenvalue weighted by atomic mass is 19.1. The number of halogens is 2. The van der Waals surface area contributed by atoms with Crippen LogP contribution in [0.1, 0.15) is 10.4 Å². The first-order valence-corrected chi connectivity index (χ1v) is 4.41. The van der Waals surface area contributed by atoms with Gasteiger partial charge >= 0.3 is 0 Å². The minimum Gasteiger partial charge on any atom is -0.396 e. The van der Waals surface area contributed by atoms with Crippen molar-refractivity contribution in [3.05, 3.63) is 29.3 Å². The van der Waals surface area contributed by atoms with Gasteiger partial charge in [0, 0.05) is 7.05 Å². The van der Waals surface area contributed by atoms with Gasteiger partial charge in [0.15, 0.2) is 5.82 Å². The van der Waals surface area contributed by atoms with E-state index in [0.29, 0.717) is 0 Å². The number of carbonyl (C=O) groups excluding carboxylic acids is 1. The summed E-state index contributed by atoms with van der Waals surface area (Å²) >= 11 is 0. The molecule has 0 heterocycles. The first-order chi connectivity index (χ1) is 7.49. The molecule has 0 fully saturated rings. The second-order valence-corrected chi connectivity index (χ2v) is 3.19. The molecular weight excluding hydrogens is 214 g/mol. The first-order valence-electron chi connectivity index (χ1n) is 4.41. The lowest BCUT2D eigenvalue weighted by atomic mass is 10.1. The van der Waals surface area contributed by atoms with E-state index in [0.717, 1.165) is 17.0 Å². The number of amides is 1. The summed E-state index contributed by atoms with van der Waals surface area (Å²) in [6, 6.07) is 2.00. The van der Waals surface area contributed by atoms with Crippen LogP contribution in [0.3, 0.4) is 0 Å². The van der Waals surface area contributed by atoms with E-state index >= 15 is 0 Å². The van der Waals surface area contributed by atoms with Crippen LogP contribution in [0.15, 0.2) is 12.1 Å². The lowest BCUT2D eigenvalue weighted by molar-refractivity contribution is 0.0803. The van der Waals surface area contributed by atoms with Gasteiger partial charge in [-0.3, -0.25) is 4.79 Å². The predicted molar refractivity (Wildman–Crippen MR) is 56.6 cm³/mol. The Bertz CT molecular complexity index is 466. The van der Waals surface area contributed by atoms with Crippen molar-refractivity contribution in [3.8, 4) is 12.3 Å². The van der Waals surface area contributed by atoms with Crippen LogP contribution in [-0.4, -0.2) is 24.4 Å². The van der Waals surface area contributed by atoms with Crippen molar-refractivity contribution in [2.24, 2.45) is 0 Å². The monoisotopic (exact) mass is 224 g/mol. The topological polar surface area (TPSA) is 46.3 Å². The van der Waals surface area contributed by atoms with Gasteiger partial charge in [0.05, 0.1) is 12.2 Å².